The Morgan fingerprint density at radius 1 is 1.04 bits per heavy atom. The fourth-order valence-electron chi connectivity index (χ4n) is 3.14. The van der Waals surface area contributed by atoms with Crippen LogP contribution in [0.5, 0.6) is 11.5 Å². The Labute approximate surface area is 152 Å². The van der Waals surface area contributed by atoms with E-state index in [1.54, 1.807) is 32.2 Å². The maximum Gasteiger partial charge on any atom is 0.325 e. The zero-order chi connectivity index (χ0) is 18.9. The van der Waals surface area contributed by atoms with Crippen LogP contribution >= 0.6 is 0 Å². The van der Waals surface area contributed by atoms with Crippen LogP contribution in [-0.4, -0.2) is 31.1 Å². The van der Waals surface area contributed by atoms with Gasteiger partial charge in [-0.3, -0.25) is 9.69 Å². The minimum Gasteiger partial charge on any atom is -0.493 e. The third-order valence-corrected chi connectivity index (χ3v) is 4.83. The molecule has 0 aromatic heterocycles. The van der Waals surface area contributed by atoms with Crippen molar-refractivity contribution in [2.24, 2.45) is 0 Å². The van der Waals surface area contributed by atoms with Crippen molar-refractivity contribution in [2.45, 2.75) is 25.9 Å². The van der Waals surface area contributed by atoms with Crippen molar-refractivity contribution in [2.75, 3.05) is 14.2 Å². The van der Waals surface area contributed by atoms with Gasteiger partial charge in [0.05, 0.1) is 20.8 Å². The number of aryl methyl sites for hydroxylation is 1. The van der Waals surface area contributed by atoms with Gasteiger partial charge in [-0.1, -0.05) is 30.3 Å². The van der Waals surface area contributed by atoms with E-state index in [9.17, 15) is 9.59 Å². The highest BCUT2D eigenvalue weighted by atomic mass is 16.5. The van der Waals surface area contributed by atoms with Crippen LogP contribution in [0.25, 0.3) is 0 Å². The minimum atomic E-state index is -1.15. The fourth-order valence-corrected chi connectivity index (χ4v) is 3.14. The van der Waals surface area contributed by atoms with E-state index in [4.69, 9.17) is 9.47 Å². The molecule has 26 heavy (non-hydrogen) atoms. The van der Waals surface area contributed by atoms with E-state index in [-0.39, 0.29) is 12.5 Å². The molecule has 0 bridgehead atoms. The number of methoxy groups -OCH3 is 2. The maximum absolute atomic E-state index is 13.1. The second kappa shape index (κ2) is 6.71. The molecule has 3 rings (SSSR count). The number of nitrogens with zero attached hydrogens (tertiary/aromatic N) is 1. The van der Waals surface area contributed by atoms with Crippen LogP contribution in [-0.2, 0) is 16.9 Å². The molecule has 1 N–H and O–H groups in total. The zero-order valence-electron chi connectivity index (χ0n) is 15.3. The quantitative estimate of drug-likeness (QED) is 0.838. The Morgan fingerprint density at radius 3 is 2.38 bits per heavy atom. The zero-order valence-corrected chi connectivity index (χ0v) is 15.3. The number of carbonyl (C=O) groups excluding carboxylic acids is 2. The molecule has 0 saturated carbocycles. The molecule has 2 aromatic rings. The van der Waals surface area contributed by atoms with Gasteiger partial charge in [0.25, 0.3) is 5.91 Å². The van der Waals surface area contributed by atoms with Crippen LogP contribution in [0.2, 0.25) is 0 Å². The molecule has 1 saturated heterocycles. The highest BCUT2D eigenvalue weighted by Gasteiger charge is 2.49. The van der Waals surface area contributed by atoms with Gasteiger partial charge in [-0.2, -0.15) is 0 Å². The first kappa shape index (κ1) is 17.8. The Balaban J connectivity index is 1.93. The van der Waals surface area contributed by atoms with Crippen molar-refractivity contribution in [3.05, 3.63) is 59.2 Å². The number of amides is 3. The summed E-state index contributed by atoms with van der Waals surface area (Å²) in [5.41, 5.74) is 1.46. The van der Waals surface area contributed by atoms with Crippen LogP contribution in [0, 0.1) is 6.92 Å². The van der Waals surface area contributed by atoms with Gasteiger partial charge < -0.3 is 14.8 Å². The van der Waals surface area contributed by atoms with E-state index in [0.717, 1.165) is 11.1 Å². The number of urea groups is 1. The average molecular weight is 354 g/mol. The highest BCUT2D eigenvalue weighted by molar-refractivity contribution is 6.07. The molecule has 1 fully saturated rings. The van der Waals surface area contributed by atoms with Gasteiger partial charge in [0.1, 0.15) is 5.54 Å². The molecule has 1 aliphatic heterocycles. The van der Waals surface area contributed by atoms with Gasteiger partial charge in [0, 0.05) is 0 Å². The number of hydrogen-bond donors (Lipinski definition) is 1. The van der Waals surface area contributed by atoms with Crippen molar-refractivity contribution in [1.82, 2.24) is 10.2 Å². The van der Waals surface area contributed by atoms with E-state index in [1.165, 1.54) is 12.0 Å². The number of ether oxygens (including phenoxy) is 2. The Morgan fingerprint density at radius 2 is 1.73 bits per heavy atom. The van der Waals surface area contributed by atoms with E-state index in [2.05, 4.69) is 5.32 Å². The Kier molecular flexibility index (Phi) is 4.59. The molecule has 0 unspecified atom stereocenters. The smallest absolute Gasteiger partial charge is 0.325 e. The first-order valence-corrected chi connectivity index (χ1v) is 8.32. The van der Waals surface area contributed by atoms with Gasteiger partial charge >= 0.3 is 6.03 Å². The number of hydrogen-bond acceptors (Lipinski definition) is 4. The lowest BCUT2D eigenvalue weighted by Gasteiger charge is -2.23. The number of imide groups is 1. The van der Waals surface area contributed by atoms with Crippen LogP contribution in [0.3, 0.4) is 0 Å². The molecule has 0 aliphatic carbocycles. The standard InChI is InChI=1S/C20H22N2O4/c1-13-7-5-6-8-14(13)12-22-18(23)20(2,21-19(22)24)15-9-10-16(25-3)17(11-15)26-4/h5-11H,12H2,1-4H3,(H,21,24)/t20-/m1/s1. The van der Waals surface area contributed by atoms with Crippen molar-refractivity contribution >= 4 is 11.9 Å². The summed E-state index contributed by atoms with van der Waals surface area (Å²) in [5.74, 6) is 0.775. The molecular weight excluding hydrogens is 332 g/mol. The summed E-state index contributed by atoms with van der Waals surface area (Å²) in [6.45, 7) is 3.90. The summed E-state index contributed by atoms with van der Waals surface area (Å²) >= 11 is 0. The summed E-state index contributed by atoms with van der Waals surface area (Å²) in [4.78, 5) is 26.8. The van der Waals surface area contributed by atoms with Crippen molar-refractivity contribution in [1.29, 1.82) is 0 Å². The number of benzene rings is 2. The van der Waals surface area contributed by atoms with E-state index >= 15 is 0 Å². The molecule has 3 amide bonds. The van der Waals surface area contributed by atoms with Gasteiger partial charge in [0.15, 0.2) is 11.5 Å². The number of rotatable bonds is 5. The largest absolute Gasteiger partial charge is 0.493 e. The van der Waals surface area contributed by atoms with E-state index < -0.39 is 11.6 Å². The fraction of sp³-hybridized carbons (Fsp3) is 0.300. The summed E-state index contributed by atoms with van der Waals surface area (Å²) in [5, 5.41) is 2.82. The summed E-state index contributed by atoms with van der Waals surface area (Å²) in [7, 11) is 3.08. The first-order valence-electron chi connectivity index (χ1n) is 8.32. The Bertz CT molecular complexity index is 865. The molecule has 1 heterocycles. The van der Waals surface area contributed by atoms with Crippen molar-refractivity contribution < 1.29 is 19.1 Å². The van der Waals surface area contributed by atoms with Gasteiger partial charge in [0.2, 0.25) is 0 Å². The van der Waals surface area contributed by atoms with Crippen LogP contribution in [0.4, 0.5) is 4.79 Å². The second-order valence-electron chi connectivity index (χ2n) is 6.44. The van der Waals surface area contributed by atoms with Crippen LogP contribution in [0.1, 0.15) is 23.6 Å². The molecule has 6 nitrogen and oxygen atoms in total. The predicted octanol–water partition coefficient (Wildman–Crippen LogP) is 2.98. The topological polar surface area (TPSA) is 67.9 Å². The van der Waals surface area contributed by atoms with Crippen LogP contribution < -0.4 is 14.8 Å². The molecule has 0 radical (unpaired) electrons. The van der Waals surface area contributed by atoms with Crippen molar-refractivity contribution in [3.8, 4) is 11.5 Å². The van der Waals surface area contributed by atoms with E-state index in [0.29, 0.717) is 17.1 Å². The second-order valence-corrected chi connectivity index (χ2v) is 6.44. The molecule has 2 aromatic carbocycles. The lowest BCUT2D eigenvalue weighted by atomic mass is 9.91. The molecule has 136 valence electrons. The molecular formula is C20H22N2O4. The third kappa shape index (κ3) is 2.87. The highest BCUT2D eigenvalue weighted by Crippen LogP contribution is 2.35. The Hall–Kier alpha value is -3.02. The van der Waals surface area contributed by atoms with Crippen molar-refractivity contribution in [3.63, 3.8) is 0 Å². The van der Waals surface area contributed by atoms with Gasteiger partial charge in [-0.05, 0) is 42.7 Å². The summed E-state index contributed by atoms with van der Waals surface area (Å²) in [6.07, 6.45) is 0. The molecule has 1 aliphatic rings. The molecule has 6 heteroatoms. The monoisotopic (exact) mass is 354 g/mol. The minimum absolute atomic E-state index is 0.236. The normalized spacial score (nSPS) is 19.5. The molecule has 0 spiro atoms. The van der Waals surface area contributed by atoms with E-state index in [1.807, 2.05) is 31.2 Å². The third-order valence-electron chi connectivity index (χ3n) is 4.83. The van der Waals surface area contributed by atoms with Crippen LogP contribution in [0.15, 0.2) is 42.5 Å². The van der Waals surface area contributed by atoms with Gasteiger partial charge in [-0.25, -0.2) is 4.79 Å². The summed E-state index contributed by atoms with van der Waals surface area (Å²) in [6, 6.07) is 12.5. The lowest BCUT2D eigenvalue weighted by Crippen LogP contribution is -2.40. The predicted molar refractivity (Wildman–Crippen MR) is 97.2 cm³/mol. The average Bonchev–Trinajstić information content (AvgIpc) is 2.86. The number of nitrogens with one attached hydrogen (secondary N) is 1. The maximum atomic E-state index is 13.1. The summed E-state index contributed by atoms with van der Waals surface area (Å²) < 4.78 is 10.6. The molecule has 1 atom stereocenters. The lowest BCUT2D eigenvalue weighted by molar-refractivity contribution is -0.131. The number of carbonyl (C=O) groups is 2. The SMILES string of the molecule is COc1ccc([C@@]2(C)NC(=O)N(Cc3ccccc3C)C2=O)cc1OC. The first-order chi connectivity index (χ1) is 12.4. The van der Waals surface area contributed by atoms with Gasteiger partial charge in [-0.15, -0.1) is 0 Å².